The first-order valence-electron chi connectivity index (χ1n) is 6.38. The molecule has 5 nitrogen and oxygen atoms in total. The Morgan fingerprint density at radius 2 is 2.06 bits per heavy atom. The molecule has 17 heavy (non-hydrogen) atoms. The number of ketones is 1. The van der Waals surface area contributed by atoms with Crippen molar-refractivity contribution in [2.45, 2.75) is 51.9 Å². The summed E-state index contributed by atoms with van der Waals surface area (Å²) in [4.78, 5) is 25.1. The molecule has 3 atom stereocenters. The van der Waals surface area contributed by atoms with Gasteiger partial charge in [-0.3, -0.25) is 14.9 Å². The molecule has 2 heterocycles. The van der Waals surface area contributed by atoms with Gasteiger partial charge >= 0.3 is 0 Å². The van der Waals surface area contributed by atoms with Crippen LogP contribution in [0.5, 0.6) is 0 Å². The minimum atomic E-state index is -0.265. The smallest absolute Gasteiger partial charge is 0.241 e. The van der Waals surface area contributed by atoms with Crippen molar-refractivity contribution < 1.29 is 9.59 Å². The van der Waals surface area contributed by atoms with Gasteiger partial charge in [0.25, 0.3) is 0 Å². The van der Waals surface area contributed by atoms with Crippen LogP contribution in [0.15, 0.2) is 0 Å². The lowest BCUT2D eigenvalue weighted by atomic mass is 10.0. The zero-order chi connectivity index (χ0) is 13.0. The highest BCUT2D eigenvalue weighted by Crippen LogP contribution is 2.23. The van der Waals surface area contributed by atoms with Crippen molar-refractivity contribution in [1.82, 2.24) is 15.5 Å². The highest BCUT2D eigenvalue weighted by molar-refractivity contribution is 5.91. The van der Waals surface area contributed by atoms with E-state index in [1.165, 1.54) is 0 Å². The molecule has 0 radical (unpaired) electrons. The molecule has 0 bridgehead atoms. The summed E-state index contributed by atoms with van der Waals surface area (Å²) >= 11 is 0. The molecule has 2 rings (SSSR count). The van der Waals surface area contributed by atoms with Gasteiger partial charge in [-0.1, -0.05) is 13.8 Å². The molecule has 0 aliphatic carbocycles. The zero-order valence-electron chi connectivity index (χ0n) is 11.1. The van der Waals surface area contributed by atoms with Crippen LogP contribution in [0.2, 0.25) is 0 Å². The molecular formula is C12H23N3O2. The van der Waals surface area contributed by atoms with E-state index in [-0.39, 0.29) is 29.9 Å². The van der Waals surface area contributed by atoms with E-state index in [2.05, 4.69) is 10.6 Å². The summed E-state index contributed by atoms with van der Waals surface area (Å²) in [5.41, 5.74) is 0. The second kappa shape index (κ2) is 6.12. The summed E-state index contributed by atoms with van der Waals surface area (Å²) in [6.45, 7) is 6.15. The second-order valence-electron chi connectivity index (χ2n) is 4.21. The molecule has 2 N–H and O–H groups in total. The van der Waals surface area contributed by atoms with Crippen LogP contribution in [0.4, 0.5) is 0 Å². The van der Waals surface area contributed by atoms with Gasteiger partial charge in [0.15, 0.2) is 5.78 Å². The summed E-state index contributed by atoms with van der Waals surface area (Å²) in [6.07, 6.45) is 1.82. The minimum Gasteiger partial charge on any atom is -0.314 e. The van der Waals surface area contributed by atoms with Crippen LogP contribution in [-0.2, 0) is 9.59 Å². The molecule has 98 valence electrons. The Morgan fingerprint density at radius 1 is 1.41 bits per heavy atom. The zero-order valence-corrected chi connectivity index (χ0v) is 11.1. The average Bonchev–Trinajstić information content (AvgIpc) is 2.77. The van der Waals surface area contributed by atoms with Gasteiger partial charge in [-0.05, 0) is 26.8 Å². The Hall–Kier alpha value is -0.940. The largest absolute Gasteiger partial charge is 0.314 e. The van der Waals surface area contributed by atoms with Gasteiger partial charge in [-0.15, -0.1) is 0 Å². The first-order chi connectivity index (χ1) is 8.15. The van der Waals surface area contributed by atoms with E-state index >= 15 is 0 Å². The van der Waals surface area contributed by atoms with Gasteiger partial charge in [-0.25, -0.2) is 0 Å². The quantitative estimate of drug-likeness (QED) is 0.720. The number of carbonyl (C=O) groups is 2. The van der Waals surface area contributed by atoms with Crippen molar-refractivity contribution in [2.24, 2.45) is 0 Å². The number of hydrogen-bond donors (Lipinski definition) is 2. The Kier molecular flexibility index (Phi) is 5.08. The van der Waals surface area contributed by atoms with Gasteiger partial charge in [-0.2, -0.15) is 0 Å². The molecular weight excluding hydrogens is 218 g/mol. The Balaban J connectivity index is 0.000000686. The lowest BCUT2D eigenvalue weighted by Gasteiger charge is -2.36. The minimum absolute atomic E-state index is 0.0546. The van der Waals surface area contributed by atoms with Gasteiger partial charge in [0.05, 0.1) is 12.2 Å². The summed E-state index contributed by atoms with van der Waals surface area (Å²) in [5, 5.41) is 6.22. The number of nitrogens with zero attached hydrogens (tertiary/aromatic N) is 1. The number of piperidine rings is 1. The SMILES string of the molecule is CC.CNC1CCC2NCC(C(C)=O)N2C1=O. The second-order valence-corrected chi connectivity index (χ2v) is 4.21. The van der Waals surface area contributed by atoms with E-state index in [9.17, 15) is 9.59 Å². The standard InChI is InChI=1S/C10H17N3O2.C2H6/c1-6(14)8-5-12-9-4-3-7(11-2)10(15)13(8)9;1-2/h7-9,11-12H,3-5H2,1-2H3;1-2H3. The fourth-order valence-electron chi connectivity index (χ4n) is 2.45. The highest BCUT2D eigenvalue weighted by atomic mass is 16.2. The van der Waals surface area contributed by atoms with Crippen molar-refractivity contribution in [1.29, 1.82) is 0 Å². The van der Waals surface area contributed by atoms with Crippen LogP contribution in [0.25, 0.3) is 0 Å². The Labute approximate surface area is 103 Å². The number of rotatable bonds is 2. The topological polar surface area (TPSA) is 61.4 Å². The predicted octanol–water partition coefficient (Wildman–Crippen LogP) is 0.110. The van der Waals surface area contributed by atoms with Crippen LogP contribution < -0.4 is 10.6 Å². The maximum Gasteiger partial charge on any atom is 0.241 e. The van der Waals surface area contributed by atoms with Crippen LogP contribution in [0, 0.1) is 0 Å². The van der Waals surface area contributed by atoms with Crippen molar-refractivity contribution in [3.05, 3.63) is 0 Å². The lowest BCUT2D eigenvalue weighted by molar-refractivity contribution is -0.143. The Bertz CT molecular complexity index is 293. The number of fused-ring (bicyclic) bond motifs is 1. The van der Waals surface area contributed by atoms with Crippen molar-refractivity contribution in [2.75, 3.05) is 13.6 Å². The van der Waals surface area contributed by atoms with Gasteiger partial charge in [0.2, 0.25) is 5.91 Å². The normalized spacial score (nSPS) is 31.6. The molecule has 1 amide bonds. The number of Topliss-reactive ketones (excluding diaryl/α,β-unsaturated/α-hetero) is 1. The number of likely N-dealkylation sites (N-methyl/N-ethyl adjacent to an activating group) is 1. The Morgan fingerprint density at radius 3 is 2.59 bits per heavy atom. The van der Waals surface area contributed by atoms with Gasteiger partial charge < -0.3 is 10.2 Å². The molecule has 0 aromatic heterocycles. The van der Waals surface area contributed by atoms with Crippen LogP contribution >= 0.6 is 0 Å². The van der Waals surface area contributed by atoms with Crippen molar-refractivity contribution in [3.8, 4) is 0 Å². The highest BCUT2D eigenvalue weighted by Gasteiger charge is 2.44. The van der Waals surface area contributed by atoms with E-state index < -0.39 is 0 Å². The molecule has 2 aliphatic heterocycles. The fraction of sp³-hybridized carbons (Fsp3) is 0.833. The first kappa shape index (κ1) is 14.1. The van der Waals surface area contributed by atoms with Crippen LogP contribution in [0.1, 0.15) is 33.6 Å². The van der Waals surface area contributed by atoms with Gasteiger partial charge in [0.1, 0.15) is 6.04 Å². The van der Waals surface area contributed by atoms with Crippen LogP contribution in [0.3, 0.4) is 0 Å². The average molecular weight is 241 g/mol. The van der Waals surface area contributed by atoms with E-state index in [1.54, 1.807) is 18.9 Å². The molecule has 3 unspecified atom stereocenters. The monoisotopic (exact) mass is 241 g/mol. The van der Waals surface area contributed by atoms with E-state index in [0.29, 0.717) is 6.54 Å². The molecule has 2 aliphatic rings. The molecule has 0 aromatic carbocycles. The molecule has 0 aromatic rings. The van der Waals surface area contributed by atoms with E-state index in [4.69, 9.17) is 0 Å². The maximum absolute atomic E-state index is 12.0. The van der Waals surface area contributed by atoms with E-state index in [1.807, 2.05) is 13.8 Å². The summed E-state index contributed by atoms with van der Waals surface area (Å²) in [7, 11) is 1.79. The van der Waals surface area contributed by atoms with Crippen molar-refractivity contribution in [3.63, 3.8) is 0 Å². The number of carbonyl (C=O) groups excluding carboxylic acids is 2. The third-order valence-corrected chi connectivity index (χ3v) is 3.32. The van der Waals surface area contributed by atoms with E-state index in [0.717, 1.165) is 12.8 Å². The molecule has 2 fully saturated rings. The van der Waals surface area contributed by atoms with Crippen molar-refractivity contribution >= 4 is 11.7 Å². The molecule has 0 saturated carbocycles. The number of amides is 1. The third kappa shape index (κ3) is 2.66. The summed E-state index contributed by atoms with van der Waals surface area (Å²) in [5.74, 6) is 0.119. The molecule has 0 spiro atoms. The number of nitrogens with one attached hydrogen (secondary N) is 2. The molecule has 2 saturated heterocycles. The maximum atomic E-state index is 12.0. The molecule has 5 heteroatoms. The van der Waals surface area contributed by atoms with Crippen LogP contribution in [-0.4, -0.2) is 48.4 Å². The summed E-state index contributed by atoms with van der Waals surface area (Å²) < 4.78 is 0. The summed E-state index contributed by atoms with van der Waals surface area (Å²) in [6, 6.07) is -0.387. The lowest BCUT2D eigenvalue weighted by Crippen LogP contribution is -2.57. The fourth-order valence-corrected chi connectivity index (χ4v) is 2.45. The third-order valence-electron chi connectivity index (χ3n) is 3.32. The van der Waals surface area contributed by atoms with Gasteiger partial charge in [0, 0.05) is 6.54 Å². The first-order valence-corrected chi connectivity index (χ1v) is 6.38. The number of hydrogen-bond acceptors (Lipinski definition) is 4. The predicted molar refractivity (Wildman–Crippen MR) is 66.5 cm³/mol.